The minimum atomic E-state index is -2.53. The van der Waals surface area contributed by atoms with Gasteiger partial charge in [-0.3, -0.25) is 4.57 Å². The normalized spacial score (nSPS) is 12.1. The number of hydrogen-bond donors (Lipinski definition) is 0. The first-order chi connectivity index (χ1) is 7.85. The van der Waals surface area contributed by atoms with E-state index in [0.29, 0.717) is 29.1 Å². The molecule has 0 bridgehead atoms. The summed E-state index contributed by atoms with van der Waals surface area (Å²) in [7, 11) is -2.53. The van der Waals surface area contributed by atoms with Crippen LogP contribution < -0.4 is 0 Å². The van der Waals surface area contributed by atoms with E-state index in [4.69, 9.17) is 30.6 Å². The fourth-order valence-electron chi connectivity index (χ4n) is 0.992. The summed E-state index contributed by atoms with van der Waals surface area (Å²) in [6.07, 6.45) is 5.49. The summed E-state index contributed by atoms with van der Waals surface area (Å²) in [5, 5.41) is 0.639. The van der Waals surface area contributed by atoms with Crippen molar-refractivity contribution in [2.45, 2.75) is 17.9 Å². The van der Waals surface area contributed by atoms with Gasteiger partial charge < -0.3 is 4.74 Å². The first-order valence-corrected chi connectivity index (χ1v) is 9.48. The lowest BCUT2D eigenvalue weighted by molar-refractivity contribution is 0.0800. The number of rotatable bonds is 6. The van der Waals surface area contributed by atoms with E-state index < -0.39 is 8.07 Å². The van der Waals surface area contributed by atoms with Crippen LogP contribution in [0.25, 0.3) is 0 Å². The zero-order chi connectivity index (χ0) is 13.1. The van der Waals surface area contributed by atoms with Gasteiger partial charge >= 0.3 is 0 Å². The number of halogens is 2. The highest BCUT2D eigenvalue weighted by atomic mass is 79.9. The number of hydrogen-bond acceptors (Lipinski definition) is 3. The molecule has 0 amide bonds. The molecule has 17 heavy (non-hydrogen) atoms. The summed E-state index contributed by atoms with van der Waals surface area (Å²) in [6, 6.07) is 0.492. The van der Waals surface area contributed by atoms with Crippen LogP contribution in [0.1, 0.15) is 0 Å². The van der Waals surface area contributed by atoms with Crippen molar-refractivity contribution in [3.05, 3.63) is 35.1 Å². The van der Waals surface area contributed by atoms with Gasteiger partial charge in [-0.1, -0.05) is 11.8 Å². The van der Waals surface area contributed by atoms with Gasteiger partial charge in [0.25, 0.3) is 0 Å². The Bertz CT molecular complexity index is 379. The van der Waals surface area contributed by atoms with E-state index in [1.807, 2.05) is 0 Å². The molecule has 0 N–H and O–H groups in total. The first kappa shape index (κ1) is 15.8. The highest BCUT2D eigenvalue weighted by Gasteiger charge is 2.15. The Kier molecular flexibility index (Phi) is 6.25. The van der Waals surface area contributed by atoms with Crippen molar-refractivity contribution < 1.29 is 4.74 Å². The average molecular weight is 394 g/mol. The molecule has 0 aliphatic rings. The van der Waals surface area contributed by atoms with Crippen LogP contribution in [0.15, 0.2) is 14.4 Å². The molecule has 90 valence electrons. The smallest absolute Gasteiger partial charge is 0.172 e. The predicted octanol–water partition coefficient (Wildman–Crippen LogP) is 3.34. The molecule has 1 aromatic heterocycles. The minimum Gasteiger partial charge on any atom is -0.361 e. The first-order valence-electron chi connectivity index (χ1n) is 4.58. The monoisotopic (exact) mass is 392 g/mol. The molecular weight excluding hydrogens is 384 g/mol. The van der Waals surface area contributed by atoms with Crippen LogP contribution >= 0.6 is 43.6 Å². The van der Waals surface area contributed by atoms with Crippen molar-refractivity contribution in [3.8, 4) is 0 Å². The third-order valence-electron chi connectivity index (χ3n) is 1.84. The average Bonchev–Trinajstić information content (AvgIpc) is 2.49. The molecule has 1 heterocycles. The Balaban J connectivity index is 2.52. The van der Waals surface area contributed by atoms with Gasteiger partial charge in [-0.15, -0.1) is 0 Å². The Morgan fingerprint density at radius 2 is 2.00 bits per heavy atom. The lowest BCUT2D eigenvalue weighted by atomic mass is 10.8. The second-order valence-corrected chi connectivity index (χ2v) is 8.25. The van der Waals surface area contributed by atoms with Crippen LogP contribution in [0.4, 0.5) is 0 Å². The number of imidazole rings is 1. The lowest BCUT2D eigenvalue weighted by Crippen LogP contribution is -2.25. The fourth-order valence-corrected chi connectivity index (χ4v) is 2.88. The van der Waals surface area contributed by atoms with Crippen molar-refractivity contribution in [2.75, 3.05) is 6.61 Å². The number of nitrogens with zero attached hydrogens (tertiary/aromatic N) is 2. The zero-order valence-corrected chi connectivity index (χ0v) is 13.9. The summed E-state index contributed by atoms with van der Waals surface area (Å²) in [4.78, 5) is 4.18. The van der Waals surface area contributed by atoms with Gasteiger partial charge in [0.05, 0.1) is 8.07 Å². The molecule has 3 nitrogen and oxygen atoms in total. The lowest BCUT2D eigenvalue weighted by Gasteiger charge is -2.15. The van der Waals surface area contributed by atoms with E-state index in [2.05, 4.69) is 36.8 Å². The van der Waals surface area contributed by atoms with Gasteiger partial charge in [-0.2, -0.15) is 0 Å². The van der Waals surface area contributed by atoms with Crippen LogP contribution in [-0.2, 0) is 11.5 Å². The quantitative estimate of drug-likeness (QED) is 0.421. The van der Waals surface area contributed by atoms with Crippen LogP contribution in [0.5, 0.6) is 0 Å². The molecule has 0 spiro atoms. The van der Waals surface area contributed by atoms with E-state index in [1.54, 1.807) is 4.57 Å². The molecule has 0 saturated carbocycles. The van der Waals surface area contributed by atoms with Crippen LogP contribution in [0.3, 0.4) is 0 Å². The van der Waals surface area contributed by atoms with Crippen molar-refractivity contribution >= 4 is 51.7 Å². The SMILES string of the molecule is [CH]Sc1nc(Br)c(Br)n1COCC[Si]([CH])([CH])[CH]. The van der Waals surface area contributed by atoms with Crippen LogP contribution in [-0.4, -0.2) is 24.2 Å². The molecular formula is C10H10Br2N2OSSi. The molecule has 0 aliphatic heterocycles. The van der Waals surface area contributed by atoms with Crippen molar-refractivity contribution in [3.63, 3.8) is 0 Å². The second kappa shape index (κ2) is 6.74. The Hall–Kier alpha value is 0.697. The van der Waals surface area contributed by atoms with Crippen molar-refractivity contribution in [1.29, 1.82) is 0 Å². The Morgan fingerprint density at radius 1 is 1.35 bits per heavy atom. The molecule has 1 rings (SSSR count). The molecule has 0 aliphatic carbocycles. The van der Waals surface area contributed by atoms with E-state index in [-0.39, 0.29) is 0 Å². The third kappa shape index (κ3) is 5.06. The standard InChI is InChI=1S/C10H10Br2N2OSSi/c1-16-10-13-8(11)9(12)14(10)7-15-5-6-17(2,3)4/h1-4H,5-7H2. The molecule has 7 heteroatoms. The zero-order valence-electron chi connectivity index (χ0n) is 8.90. The fraction of sp³-hybridized carbons (Fsp3) is 0.300. The molecule has 0 atom stereocenters. The predicted molar refractivity (Wildman–Crippen MR) is 77.2 cm³/mol. The summed E-state index contributed by atoms with van der Waals surface area (Å²) in [5.41, 5.74) is 0. The molecule has 0 aromatic carbocycles. The number of aromatic nitrogens is 2. The molecule has 8 radical (unpaired) electrons. The van der Waals surface area contributed by atoms with E-state index in [1.165, 1.54) is 0 Å². The van der Waals surface area contributed by atoms with Crippen LogP contribution in [0, 0.1) is 25.9 Å². The largest absolute Gasteiger partial charge is 0.361 e. The van der Waals surface area contributed by atoms with Gasteiger partial charge in [0.15, 0.2) is 5.16 Å². The topological polar surface area (TPSA) is 27.1 Å². The summed E-state index contributed by atoms with van der Waals surface area (Å²) >= 11 is 7.71. The van der Waals surface area contributed by atoms with Gasteiger partial charge in [0.1, 0.15) is 15.9 Å². The van der Waals surface area contributed by atoms with E-state index >= 15 is 0 Å². The van der Waals surface area contributed by atoms with E-state index in [9.17, 15) is 0 Å². The molecule has 0 saturated heterocycles. The highest BCUT2D eigenvalue weighted by molar-refractivity contribution is 9.13. The second-order valence-electron chi connectivity index (χ2n) is 3.42. The van der Waals surface area contributed by atoms with Crippen LogP contribution in [0.2, 0.25) is 6.04 Å². The number of thioether (sulfide) groups is 1. The minimum absolute atomic E-state index is 0.309. The summed E-state index contributed by atoms with van der Waals surface area (Å²) < 4.78 is 8.65. The van der Waals surface area contributed by atoms with Gasteiger partial charge in [-0.25, -0.2) is 4.98 Å². The van der Waals surface area contributed by atoms with Crippen molar-refractivity contribution in [1.82, 2.24) is 9.55 Å². The summed E-state index contributed by atoms with van der Waals surface area (Å²) in [5.74, 6) is 0. The maximum absolute atomic E-state index is 5.56. The van der Waals surface area contributed by atoms with E-state index in [0.717, 1.165) is 16.4 Å². The Morgan fingerprint density at radius 3 is 2.53 bits per heavy atom. The summed E-state index contributed by atoms with van der Waals surface area (Å²) in [6.45, 7) is 17.4. The maximum atomic E-state index is 5.56. The van der Waals surface area contributed by atoms with Gasteiger partial charge in [-0.05, 0) is 57.5 Å². The van der Waals surface area contributed by atoms with Gasteiger partial charge in [0.2, 0.25) is 0 Å². The Labute approximate surface area is 125 Å². The van der Waals surface area contributed by atoms with Crippen molar-refractivity contribution in [2.24, 2.45) is 0 Å². The molecule has 1 aromatic rings. The third-order valence-corrected chi connectivity index (χ3v) is 5.32. The molecule has 0 fully saturated rings. The number of ether oxygens (including phenoxy) is 1. The maximum Gasteiger partial charge on any atom is 0.172 e. The van der Waals surface area contributed by atoms with Gasteiger partial charge in [0, 0.05) is 12.9 Å². The highest BCUT2D eigenvalue weighted by Crippen LogP contribution is 2.28. The molecule has 0 unspecified atom stereocenters.